The number of rotatable bonds is 5. The van der Waals surface area contributed by atoms with E-state index < -0.39 is 11.9 Å². The van der Waals surface area contributed by atoms with Gasteiger partial charge < -0.3 is 33.5 Å². The average molecular weight is 400 g/mol. The summed E-state index contributed by atoms with van der Waals surface area (Å²) in [5.74, 6) is 1.46. The van der Waals surface area contributed by atoms with E-state index in [-0.39, 0.29) is 12.4 Å². The van der Waals surface area contributed by atoms with E-state index in [0.717, 1.165) is 0 Å². The maximum atomic E-state index is 12.1. The molecule has 29 heavy (non-hydrogen) atoms. The van der Waals surface area contributed by atoms with Gasteiger partial charge in [-0.2, -0.15) is 0 Å². The second kappa shape index (κ2) is 7.12. The molecule has 0 fully saturated rings. The van der Waals surface area contributed by atoms with Gasteiger partial charge in [0.2, 0.25) is 12.5 Å². The minimum absolute atomic E-state index is 0.102. The van der Waals surface area contributed by atoms with E-state index >= 15 is 0 Å². The number of fused-ring (bicyclic) bond motifs is 2. The molecule has 0 spiro atoms. The van der Waals surface area contributed by atoms with E-state index in [0.29, 0.717) is 51.4 Å². The molecule has 0 aliphatic carbocycles. The highest BCUT2D eigenvalue weighted by Gasteiger charge is 2.36. The van der Waals surface area contributed by atoms with Gasteiger partial charge in [0.1, 0.15) is 11.5 Å². The van der Waals surface area contributed by atoms with Gasteiger partial charge in [-0.05, 0) is 30.7 Å². The number of carboxylic acids is 1. The van der Waals surface area contributed by atoms with Gasteiger partial charge in [0.15, 0.2) is 23.0 Å². The third-order valence-corrected chi connectivity index (χ3v) is 5.00. The zero-order valence-electron chi connectivity index (χ0n) is 16.4. The summed E-state index contributed by atoms with van der Waals surface area (Å²) >= 11 is 0. The maximum absolute atomic E-state index is 12.1. The molecule has 0 unspecified atom stereocenters. The molecule has 8 nitrogen and oxygen atoms in total. The van der Waals surface area contributed by atoms with Crippen LogP contribution in [0.3, 0.4) is 0 Å². The van der Waals surface area contributed by atoms with E-state index in [9.17, 15) is 9.90 Å². The molecule has 0 saturated carbocycles. The lowest BCUT2D eigenvalue weighted by Crippen LogP contribution is -2.21. The molecule has 152 valence electrons. The van der Waals surface area contributed by atoms with Crippen molar-refractivity contribution < 1.29 is 38.3 Å². The second-order valence-electron chi connectivity index (χ2n) is 6.51. The minimum Gasteiger partial charge on any atom is -0.493 e. The number of methoxy groups -OCH3 is 3. The van der Waals surface area contributed by atoms with Crippen LogP contribution in [-0.2, 0) is 4.79 Å². The highest BCUT2D eigenvalue weighted by molar-refractivity contribution is 5.91. The fourth-order valence-corrected chi connectivity index (χ4v) is 3.72. The van der Waals surface area contributed by atoms with Crippen molar-refractivity contribution in [2.24, 2.45) is 0 Å². The van der Waals surface area contributed by atoms with Crippen LogP contribution in [0.4, 0.5) is 0 Å². The molecular weight excluding hydrogens is 380 g/mol. The number of hydrogen-bond acceptors (Lipinski definition) is 7. The van der Waals surface area contributed by atoms with Crippen molar-refractivity contribution in [2.45, 2.75) is 12.8 Å². The first-order valence-corrected chi connectivity index (χ1v) is 8.83. The van der Waals surface area contributed by atoms with Crippen LogP contribution >= 0.6 is 0 Å². The molecule has 2 aromatic carbocycles. The number of carbonyl (C=O) groups is 1. The highest BCUT2D eigenvalue weighted by atomic mass is 16.7. The predicted octanol–water partition coefficient (Wildman–Crippen LogP) is 3.32. The molecule has 4 rings (SSSR count). The van der Waals surface area contributed by atoms with Crippen molar-refractivity contribution >= 4 is 5.97 Å². The van der Waals surface area contributed by atoms with Crippen LogP contribution in [-0.4, -0.2) is 39.2 Å². The first-order valence-electron chi connectivity index (χ1n) is 8.83. The van der Waals surface area contributed by atoms with E-state index in [1.807, 2.05) is 0 Å². The van der Waals surface area contributed by atoms with Gasteiger partial charge in [0.05, 0.1) is 26.9 Å². The SMILES string of the molecule is COc1cc([C@H]2C(C(=O)O)=C(C)Oc3cc4c(cc32)OCO4)cc(OC)c1OC. The van der Waals surface area contributed by atoms with Crippen LogP contribution < -0.4 is 28.4 Å². The van der Waals surface area contributed by atoms with Crippen LogP contribution in [0.25, 0.3) is 0 Å². The Morgan fingerprint density at radius 2 is 1.59 bits per heavy atom. The van der Waals surface area contributed by atoms with E-state index in [1.54, 1.807) is 31.2 Å². The Morgan fingerprint density at radius 3 is 2.14 bits per heavy atom. The van der Waals surface area contributed by atoms with Gasteiger partial charge in [-0.15, -0.1) is 0 Å². The Hall–Kier alpha value is -3.55. The molecule has 1 N–H and O–H groups in total. The van der Waals surface area contributed by atoms with Gasteiger partial charge in [0.25, 0.3) is 0 Å². The Bertz CT molecular complexity index is 999. The van der Waals surface area contributed by atoms with Crippen LogP contribution in [0.15, 0.2) is 35.6 Å². The van der Waals surface area contributed by atoms with Gasteiger partial charge in [-0.1, -0.05) is 0 Å². The van der Waals surface area contributed by atoms with Crippen LogP contribution in [0.5, 0.6) is 34.5 Å². The highest BCUT2D eigenvalue weighted by Crippen LogP contribution is 2.50. The van der Waals surface area contributed by atoms with Crippen molar-refractivity contribution in [1.82, 2.24) is 0 Å². The summed E-state index contributed by atoms with van der Waals surface area (Å²) < 4.78 is 33.0. The molecular formula is C21H20O8. The first-order chi connectivity index (χ1) is 14.0. The summed E-state index contributed by atoms with van der Waals surface area (Å²) in [5, 5.41) is 9.93. The normalized spacial score (nSPS) is 16.8. The molecule has 0 aromatic heterocycles. The van der Waals surface area contributed by atoms with Crippen molar-refractivity contribution in [2.75, 3.05) is 28.1 Å². The maximum Gasteiger partial charge on any atom is 0.335 e. The standard InChI is InChI=1S/C21H20O8/c1-10-18(21(22)23)19(11-5-16(24-2)20(26-4)17(6-11)25-3)12-7-14-15(28-9-27-14)8-13(12)29-10/h5-8,19H,9H2,1-4H3,(H,22,23)/t19-/m1/s1. The Kier molecular flexibility index (Phi) is 4.62. The average Bonchev–Trinajstić information content (AvgIpc) is 3.17. The number of benzene rings is 2. The summed E-state index contributed by atoms with van der Waals surface area (Å²) in [7, 11) is 4.53. The molecule has 8 heteroatoms. The van der Waals surface area contributed by atoms with Gasteiger partial charge in [-0.3, -0.25) is 0 Å². The summed E-state index contributed by atoms with van der Waals surface area (Å²) in [6, 6.07) is 6.94. The third-order valence-electron chi connectivity index (χ3n) is 5.00. The zero-order valence-corrected chi connectivity index (χ0v) is 16.4. The Labute approximate surface area is 167 Å². The van der Waals surface area contributed by atoms with Crippen molar-refractivity contribution in [3.05, 3.63) is 46.7 Å². The van der Waals surface area contributed by atoms with Crippen LogP contribution in [0.1, 0.15) is 24.0 Å². The molecule has 0 radical (unpaired) electrons. The monoisotopic (exact) mass is 400 g/mol. The molecule has 0 saturated heterocycles. The van der Waals surface area contributed by atoms with Gasteiger partial charge in [0, 0.05) is 17.5 Å². The lowest BCUT2D eigenvalue weighted by molar-refractivity contribution is -0.133. The molecule has 2 aromatic rings. The van der Waals surface area contributed by atoms with Crippen LogP contribution in [0, 0.1) is 0 Å². The van der Waals surface area contributed by atoms with Crippen LogP contribution in [0.2, 0.25) is 0 Å². The first kappa shape index (κ1) is 18.8. The Balaban J connectivity index is 1.97. The second-order valence-corrected chi connectivity index (χ2v) is 6.51. The summed E-state index contributed by atoms with van der Waals surface area (Å²) in [4.78, 5) is 12.1. The summed E-state index contributed by atoms with van der Waals surface area (Å²) in [6.07, 6.45) is 0. The third kappa shape index (κ3) is 2.97. The van der Waals surface area contributed by atoms with Gasteiger partial charge in [-0.25, -0.2) is 4.79 Å². The number of ether oxygens (including phenoxy) is 6. The lowest BCUT2D eigenvalue weighted by Gasteiger charge is -2.29. The number of hydrogen-bond donors (Lipinski definition) is 1. The van der Waals surface area contributed by atoms with Crippen molar-refractivity contribution in [3.8, 4) is 34.5 Å². The summed E-state index contributed by atoms with van der Waals surface area (Å²) in [6.45, 7) is 1.73. The van der Waals surface area contributed by atoms with E-state index in [1.165, 1.54) is 21.3 Å². The molecule has 2 heterocycles. The topological polar surface area (TPSA) is 92.7 Å². The minimum atomic E-state index is -1.08. The number of aliphatic carboxylic acids is 1. The molecule has 1 atom stereocenters. The summed E-state index contributed by atoms with van der Waals surface area (Å²) in [5.41, 5.74) is 1.41. The molecule has 0 amide bonds. The van der Waals surface area contributed by atoms with Gasteiger partial charge >= 0.3 is 5.97 Å². The number of carboxylic acid groups (broad SMARTS) is 1. The molecule has 2 aliphatic heterocycles. The predicted molar refractivity (Wildman–Crippen MR) is 101 cm³/mol. The molecule has 0 bridgehead atoms. The largest absolute Gasteiger partial charge is 0.493 e. The van der Waals surface area contributed by atoms with Crippen molar-refractivity contribution in [1.29, 1.82) is 0 Å². The smallest absolute Gasteiger partial charge is 0.335 e. The molecule has 2 aliphatic rings. The van der Waals surface area contributed by atoms with E-state index in [4.69, 9.17) is 28.4 Å². The van der Waals surface area contributed by atoms with E-state index in [2.05, 4.69) is 0 Å². The Morgan fingerprint density at radius 1 is 0.966 bits per heavy atom. The lowest BCUT2D eigenvalue weighted by atomic mass is 9.81. The fourth-order valence-electron chi connectivity index (χ4n) is 3.72. The quantitative estimate of drug-likeness (QED) is 0.817. The van der Waals surface area contributed by atoms with Crippen molar-refractivity contribution in [3.63, 3.8) is 0 Å². The zero-order chi connectivity index (χ0) is 20.7. The number of allylic oxidation sites excluding steroid dienone is 1. The fraction of sp³-hybridized carbons (Fsp3) is 0.286.